The molecule has 6 aliphatic carbocycles. The predicted octanol–water partition coefficient (Wildman–Crippen LogP) is 21.9. The number of allylic oxidation sites excluding steroid dienone is 2. The van der Waals surface area contributed by atoms with Crippen LogP contribution < -0.4 is 28.4 Å². The van der Waals surface area contributed by atoms with Crippen LogP contribution in [-0.2, 0) is 66.5 Å². The zero-order chi connectivity index (χ0) is 99.1. The Kier molecular flexibility index (Phi) is 40.8. The minimum Gasteiger partial charge on any atom is -0.491 e. The maximum absolute atomic E-state index is 14.2. The number of rotatable bonds is 35. The maximum atomic E-state index is 14.2. The highest BCUT2D eigenvalue weighted by molar-refractivity contribution is 7.09. The van der Waals surface area contributed by atoms with E-state index in [1.807, 2.05) is 24.3 Å². The number of ether oxygens (including phenoxy) is 12. The normalized spacial score (nSPS) is 30.5. The molecule has 33 heteroatoms. The molecular formula is C106H128Cl6F3O23P. The van der Waals surface area contributed by atoms with E-state index in [1.165, 1.54) is 0 Å². The first-order valence-electron chi connectivity index (χ1n) is 48.4. The van der Waals surface area contributed by atoms with Gasteiger partial charge in [0.05, 0.1) is 56.8 Å². The minimum atomic E-state index is -1.13. The number of hydrogen-bond acceptors (Lipinski definition) is 23. The summed E-state index contributed by atoms with van der Waals surface area (Å²) in [5, 5.41) is 33.8. The SMILES string of the molecule is C[C@@H]1C[C@@H]2OC(=O)C[C@@H]2[C@H]1/C=C/C(=O)COc1cccc(Cl)c1.C[C@@H]1C[C@@H]2OC(=O)C[C@@H]2[C@H]1/C=C/[C@H](O)COc1cccc(Cl)c1.C[C@@H]1C[C@@H]2OC(=O)C[C@@H]2[C@H]1CC[C@@H](F)COc1cccc(Cl)c1.C[C@@H]1C[C@@H]2OC(=O)C[C@@H]2[C@H]1CC[C@H](O)COc1cccc(Cl)c1.O=C1C[C@@H]2[C@@H](CC[C@@H](F)COc3cccc(Cl)c3)[C@H](O)C[C@@H]2O1.O=C1C[C@H]2C(CC(OP)[C@@H]2CCC(F)COc2cccc(Cl)c2)O1.[3HH]. The lowest BCUT2D eigenvalue weighted by Crippen LogP contribution is -2.23. The summed E-state index contributed by atoms with van der Waals surface area (Å²) in [6.45, 7) is 9.05. The predicted molar refractivity (Wildman–Crippen MR) is 525 cm³/mol. The van der Waals surface area contributed by atoms with Crippen LogP contribution in [0.25, 0.3) is 0 Å². The molecule has 6 aromatic rings. The Bertz CT molecular complexity index is 4890. The second-order valence-corrected chi connectivity index (χ2v) is 41.8. The van der Waals surface area contributed by atoms with Crippen LogP contribution in [0.3, 0.4) is 0 Å². The summed E-state index contributed by atoms with van der Waals surface area (Å²) < 4.78 is 112. The van der Waals surface area contributed by atoms with Gasteiger partial charge in [0.15, 0.2) is 12.4 Å². The van der Waals surface area contributed by atoms with E-state index in [0.717, 1.165) is 38.5 Å². The van der Waals surface area contributed by atoms with E-state index in [-0.39, 0.29) is 179 Å². The molecule has 18 rings (SSSR count). The molecule has 12 fully saturated rings. The zero-order valence-electron chi connectivity index (χ0n) is 78.3. The number of hydrogen-bond donors (Lipinski definition) is 3. The first kappa shape index (κ1) is 108. The van der Waals surface area contributed by atoms with Crippen LogP contribution in [0, 0.1) is 94.7 Å². The Morgan fingerprint density at radius 1 is 0.388 bits per heavy atom. The van der Waals surface area contributed by atoms with Gasteiger partial charge in [-0.15, -0.1) is 0 Å². The van der Waals surface area contributed by atoms with Crippen molar-refractivity contribution < 1.29 is 125 Å². The standard InChI is InChI=1S/C18H22ClFO3.C18H23ClO4.C18H21ClO4.C18H19ClO4.C17H21ClFO4P.C17H20ClFO4.H2/c4*1-11-7-17-16(9-18(21)23-17)15(11)6-5-13(20)10-22-14-4-2-3-12(19)8-14;18-10-2-1-3-12(6-10)21-9-11(19)4-5-13-14-7-17(20)22-15(14)8-16(13)23-24;18-10-2-1-3-12(6-10)22-9-11(19)4-5-13-14-7-17(21)23-16(14)8-15(13)20;/h2-4,8,11,13,15-17H,5-7,9-10H2,1H3;2-4,8,11,13,15-17,20H,5-7,9-10H2,1H3;2-6,8,11,13,15-17,20H,7,9-10H2,1H3;2-6,8,11,15-17H,7,9-10H2,1H3;1-3,6,11,13-16H,4-5,7-9,24H2;1-3,6,11,13-16,20H,4-5,7-9H2;1H/b;;2*6-5+;;;/t11-,13-,15+,16-,17+;2*11-,13+,15+,16-,17+;11-,15+,16-,17+;11?,13-,14-,15?,16?;11-,13-,14-,15-,16+;/m111111./s1/i;;;;;;1+2. The minimum absolute atomic E-state index is 0. The van der Waals surface area contributed by atoms with E-state index in [2.05, 4.69) is 37.2 Å². The molecular weight excluding hydrogens is 1940 g/mol. The van der Waals surface area contributed by atoms with Gasteiger partial charge in [-0.05, 0) is 251 Å². The van der Waals surface area contributed by atoms with Crippen molar-refractivity contribution in [2.75, 3.05) is 39.6 Å². The average Bonchev–Trinajstić information content (AvgIpc) is 1.61. The van der Waals surface area contributed by atoms with Gasteiger partial charge in [0, 0.05) is 89.4 Å². The number of aliphatic hydroxyl groups excluding tert-OH is 3. The highest BCUT2D eigenvalue weighted by atomic mass is 35.5. The topological polar surface area (TPSA) is 300 Å². The van der Waals surface area contributed by atoms with Crippen LogP contribution in [0.2, 0.25) is 30.1 Å². The van der Waals surface area contributed by atoms with Gasteiger partial charge in [-0.25, -0.2) is 13.2 Å². The molecule has 12 aliphatic rings. The smallest absolute Gasteiger partial charge is 0.306 e. The number of halogens is 9. The number of esters is 6. The van der Waals surface area contributed by atoms with Crippen molar-refractivity contribution in [3.63, 3.8) is 0 Å². The Hall–Kier alpha value is -8.11. The average molecular weight is 2070 g/mol. The van der Waals surface area contributed by atoms with E-state index in [9.17, 15) is 62.1 Å². The molecule has 758 valence electrons. The van der Waals surface area contributed by atoms with Crippen LogP contribution in [0.5, 0.6) is 34.5 Å². The Labute approximate surface area is 844 Å². The summed E-state index contributed by atoms with van der Waals surface area (Å²) in [7, 11) is 2.28. The molecule has 0 amide bonds. The highest BCUT2D eigenvalue weighted by Gasteiger charge is 2.54. The number of carbonyl (C=O) groups is 7. The van der Waals surface area contributed by atoms with Gasteiger partial charge in [-0.1, -0.05) is 152 Å². The molecule has 6 saturated carbocycles. The van der Waals surface area contributed by atoms with Gasteiger partial charge < -0.3 is 76.7 Å². The largest absolute Gasteiger partial charge is 0.491 e. The molecule has 0 aromatic heterocycles. The van der Waals surface area contributed by atoms with Crippen molar-refractivity contribution in [2.24, 2.45) is 94.7 Å². The first-order valence-corrected chi connectivity index (χ1v) is 51.1. The number of fused-ring (bicyclic) bond motifs is 6. The second kappa shape index (κ2) is 52.4. The molecule has 30 atom stereocenters. The molecule has 0 bridgehead atoms. The third kappa shape index (κ3) is 31.9. The van der Waals surface area contributed by atoms with E-state index >= 15 is 0 Å². The van der Waals surface area contributed by atoms with Crippen LogP contribution in [0.15, 0.2) is 170 Å². The van der Waals surface area contributed by atoms with Gasteiger partial charge in [0.25, 0.3) is 0 Å². The van der Waals surface area contributed by atoms with E-state index < -0.39 is 36.8 Å². The Morgan fingerprint density at radius 3 is 1.06 bits per heavy atom. The van der Waals surface area contributed by atoms with E-state index in [4.69, 9.17) is 131 Å². The van der Waals surface area contributed by atoms with Gasteiger partial charge in [-0.2, -0.15) is 0 Å². The Balaban J connectivity index is 0.000000150. The fourth-order valence-electron chi connectivity index (χ4n) is 22.2. The highest BCUT2D eigenvalue weighted by Crippen LogP contribution is 2.52. The molecule has 0 radical (unpaired) electrons. The monoisotopic (exact) mass is 2070 g/mol. The second-order valence-electron chi connectivity index (χ2n) is 38.9. The summed E-state index contributed by atoms with van der Waals surface area (Å²) >= 11 is 35.3. The number of alkyl halides is 3. The van der Waals surface area contributed by atoms with E-state index in [1.54, 1.807) is 146 Å². The first-order chi connectivity index (χ1) is 66.7. The Morgan fingerprint density at radius 2 is 0.683 bits per heavy atom. The van der Waals surface area contributed by atoms with Gasteiger partial charge in [0.1, 0.15) is 129 Å². The third-order valence-corrected chi connectivity index (χ3v) is 30.8. The number of carbonyl (C=O) groups excluding carboxylic acids is 7. The van der Waals surface area contributed by atoms with Gasteiger partial charge >= 0.3 is 35.8 Å². The maximum Gasteiger partial charge on any atom is 0.306 e. The van der Waals surface area contributed by atoms with E-state index in [0.29, 0.717) is 196 Å². The van der Waals surface area contributed by atoms with Crippen molar-refractivity contribution in [1.29, 1.82) is 0 Å². The molecule has 0 spiro atoms. The summed E-state index contributed by atoms with van der Waals surface area (Å²) in [5.41, 5.74) is 0. The molecule has 3 N–H and O–H groups in total. The summed E-state index contributed by atoms with van der Waals surface area (Å²) in [6.07, 6.45) is 14.4. The molecule has 6 saturated heterocycles. The molecule has 23 nitrogen and oxygen atoms in total. The molecule has 6 heterocycles. The number of ketones is 1. The van der Waals surface area contributed by atoms with Crippen molar-refractivity contribution in [3.8, 4) is 34.5 Å². The molecule has 6 aliphatic heterocycles. The van der Waals surface area contributed by atoms with Gasteiger partial charge in [0.2, 0.25) is 0 Å². The summed E-state index contributed by atoms with van der Waals surface area (Å²) in [4.78, 5) is 80.4. The van der Waals surface area contributed by atoms with Crippen LogP contribution in [0.4, 0.5) is 13.2 Å². The van der Waals surface area contributed by atoms with Crippen molar-refractivity contribution in [3.05, 3.63) is 200 Å². The molecule has 6 aromatic carbocycles. The lowest BCUT2D eigenvalue weighted by atomic mass is 9.84. The summed E-state index contributed by atoms with van der Waals surface area (Å²) in [5.74, 6) is 7.19. The lowest BCUT2D eigenvalue weighted by Gasteiger charge is -2.22. The number of benzene rings is 6. The number of aliphatic hydroxyl groups is 3. The molecule has 4 unspecified atom stereocenters. The van der Waals surface area contributed by atoms with Crippen molar-refractivity contribution >= 4 is 121 Å². The third-order valence-electron chi connectivity index (χ3n) is 29.1. The van der Waals surface area contributed by atoms with Crippen molar-refractivity contribution in [2.45, 2.75) is 236 Å². The fraction of sp³-hybridized carbons (Fsp3) is 0.557. The fourth-order valence-corrected chi connectivity index (χ4v) is 23.6. The van der Waals surface area contributed by atoms with Crippen molar-refractivity contribution in [1.82, 2.24) is 0 Å². The molecule has 139 heavy (non-hydrogen) atoms. The van der Waals surface area contributed by atoms with Gasteiger partial charge in [-0.3, -0.25) is 33.6 Å². The zero-order valence-corrected chi connectivity index (χ0v) is 84.0. The summed E-state index contributed by atoms with van der Waals surface area (Å²) in [6, 6.07) is 41.9. The van der Waals surface area contributed by atoms with Crippen LogP contribution in [-0.4, -0.2) is 176 Å². The van der Waals surface area contributed by atoms with Crippen LogP contribution >= 0.6 is 79.1 Å². The quantitative estimate of drug-likeness (QED) is 0.0109. The lowest BCUT2D eigenvalue weighted by molar-refractivity contribution is -0.142. The van der Waals surface area contributed by atoms with Crippen LogP contribution in [0.1, 0.15) is 158 Å².